The lowest BCUT2D eigenvalue weighted by Crippen LogP contribution is -2.13. The minimum Gasteiger partial charge on any atom is -0.278 e. The highest BCUT2D eigenvalue weighted by Crippen LogP contribution is 2.22. The zero-order valence-corrected chi connectivity index (χ0v) is 14.3. The summed E-state index contributed by atoms with van der Waals surface area (Å²) in [6.45, 7) is 3.94. The number of fused-ring (bicyclic) bond motifs is 1. The summed E-state index contributed by atoms with van der Waals surface area (Å²) in [6, 6.07) is 6.42. The fourth-order valence-electron chi connectivity index (χ4n) is 2.33. The quantitative estimate of drug-likeness (QED) is 0.551. The summed E-state index contributed by atoms with van der Waals surface area (Å²) in [5.41, 5.74) is 0.769. The van der Waals surface area contributed by atoms with Crippen LogP contribution >= 0.6 is 0 Å². The number of sulfonamides is 1. The normalized spacial score (nSPS) is 11.8. The second-order valence-corrected chi connectivity index (χ2v) is 7.36. The van der Waals surface area contributed by atoms with Crippen LogP contribution in [0.3, 0.4) is 0 Å². The maximum Gasteiger partial charge on any atom is 0.269 e. The van der Waals surface area contributed by atoms with Crippen molar-refractivity contribution in [1.29, 1.82) is 0 Å². The van der Waals surface area contributed by atoms with Crippen LogP contribution in [0.1, 0.15) is 19.9 Å². The number of nitro benzene ring substituents is 1. The van der Waals surface area contributed by atoms with Crippen LogP contribution in [0.25, 0.3) is 11.0 Å². The Morgan fingerprint density at radius 2 is 1.88 bits per heavy atom. The average molecular weight is 361 g/mol. The molecule has 0 aliphatic carbocycles. The molecule has 0 aliphatic rings. The minimum absolute atomic E-state index is 0.0731. The number of anilines is 1. The van der Waals surface area contributed by atoms with E-state index in [2.05, 4.69) is 14.8 Å². The van der Waals surface area contributed by atoms with Gasteiger partial charge < -0.3 is 0 Å². The lowest BCUT2D eigenvalue weighted by atomic mass is 10.3. The molecule has 0 amide bonds. The van der Waals surface area contributed by atoms with Crippen LogP contribution in [0.5, 0.6) is 0 Å². The van der Waals surface area contributed by atoms with Gasteiger partial charge in [0.2, 0.25) is 0 Å². The highest BCUT2D eigenvalue weighted by atomic mass is 32.2. The van der Waals surface area contributed by atoms with E-state index >= 15 is 0 Å². The molecule has 2 heterocycles. The van der Waals surface area contributed by atoms with Crippen LogP contribution < -0.4 is 4.72 Å². The van der Waals surface area contributed by atoms with Crippen molar-refractivity contribution in [2.24, 2.45) is 0 Å². The lowest BCUT2D eigenvalue weighted by Gasteiger charge is -2.09. The molecule has 3 aromatic rings. The van der Waals surface area contributed by atoms with Crippen molar-refractivity contribution in [2.45, 2.75) is 24.8 Å². The molecule has 1 N–H and O–H groups in total. The summed E-state index contributed by atoms with van der Waals surface area (Å²) < 4.78 is 29.0. The van der Waals surface area contributed by atoms with Gasteiger partial charge in [0.1, 0.15) is 0 Å². The van der Waals surface area contributed by atoms with E-state index in [0.29, 0.717) is 11.0 Å². The molecule has 0 saturated carbocycles. The summed E-state index contributed by atoms with van der Waals surface area (Å²) in [4.78, 5) is 14.3. The third kappa shape index (κ3) is 3.29. The fraction of sp³-hybridized carbons (Fsp3) is 0.200. The molecule has 0 unspecified atom stereocenters. The Morgan fingerprint density at radius 1 is 1.20 bits per heavy atom. The maximum absolute atomic E-state index is 12.4. The highest BCUT2D eigenvalue weighted by molar-refractivity contribution is 7.92. The molecule has 25 heavy (non-hydrogen) atoms. The van der Waals surface area contributed by atoms with Crippen molar-refractivity contribution in [2.75, 3.05) is 4.72 Å². The van der Waals surface area contributed by atoms with Gasteiger partial charge in [-0.15, -0.1) is 0 Å². The van der Waals surface area contributed by atoms with Gasteiger partial charge in [0.25, 0.3) is 15.7 Å². The van der Waals surface area contributed by atoms with Crippen LogP contribution in [0.15, 0.2) is 47.6 Å². The molecule has 0 radical (unpaired) electrons. The van der Waals surface area contributed by atoms with Gasteiger partial charge >= 0.3 is 0 Å². The number of hydrogen-bond donors (Lipinski definition) is 1. The van der Waals surface area contributed by atoms with Gasteiger partial charge in [-0.25, -0.2) is 18.1 Å². The zero-order valence-electron chi connectivity index (χ0n) is 13.4. The highest BCUT2D eigenvalue weighted by Gasteiger charge is 2.17. The Bertz CT molecular complexity index is 1040. The number of nitrogens with one attached hydrogen (secondary N) is 1. The second kappa shape index (κ2) is 6.13. The molecule has 1 aromatic carbocycles. The number of nitrogens with zero attached hydrogens (tertiary/aromatic N) is 4. The van der Waals surface area contributed by atoms with Gasteiger partial charge in [0.15, 0.2) is 5.65 Å². The van der Waals surface area contributed by atoms with Crippen LogP contribution in [0, 0.1) is 10.1 Å². The fourth-order valence-corrected chi connectivity index (χ4v) is 3.37. The zero-order chi connectivity index (χ0) is 18.2. The summed E-state index contributed by atoms with van der Waals surface area (Å²) in [5, 5.41) is 15.6. The van der Waals surface area contributed by atoms with Gasteiger partial charge in [-0.05, 0) is 32.0 Å². The molecular formula is C15H15N5O4S. The maximum atomic E-state index is 12.4. The van der Waals surface area contributed by atoms with Crippen LogP contribution in [0.4, 0.5) is 11.4 Å². The molecule has 0 atom stereocenters. The van der Waals surface area contributed by atoms with Crippen molar-refractivity contribution in [3.63, 3.8) is 0 Å². The molecule has 2 aromatic heterocycles. The third-order valence-corrected chi connectivity index (χ3v) is 4.93. The smallest absolute Gasteiger partial charge is 0.269 e. The number of pyridine rings is 1. The minimum atomic E-state index is -3.87. The molecule has 0 bridgehead atoms. The Balaban J connectivity index is 1.90. The first-order valence-corrected chi connectivity index (χ1v) is 8.87. The lowest BCUT2D eigenvalue weighted by molar-refractivity contribution is -0.384. The van der Waals surface area contributed by atoms with Gasteiger partial charge in [-0.2, -0.15) is 5.10 Å². The predicted octanol–water partition coefficient (Wildman–Crippen LogP) is 2.72. The summed E-state index contributed by atoms with van der Waals surface area (Å²) in [5.74, 6) is 0. The van der Waals surface area contributed by atoms with E-state index in [-0.39, 0.29) is 22.3 Å². The van der Waals surface area contributed by atoms with E-state index in [0.717, 1.165) is 12.1 Å². The Labute approximate surface area is 143 Å². The molecule has 0 fully saturated rings. The van der Waals surface area contributed by atoms with Gasteiger partial charge in [0.05, 0.1) is 27.9 Å². The van der Waals surface area contributed by atoms with E-state index in [1.54, 1.807) is 16.9 Å². The van der Waals surface area contributed by atoms with Crippen molar-refractivity contribution in [1.82, 2.24) is 14.8 Å². The monoisotopic (exact) mass is 361 g/mol. The van der Waals surface area contributed by atoms with Crippen molar-refractivity contribution < 1.29 is 13.3 Å². The molecular weight excluding hydrogens is 346 g/mol. The Kier molecular flexibility index (Phi) is 4.13. The molecule has 130 valence electrons. The van der Waals surface area contributed by atoms with Crippen LogP contribution in [-0.2, 0) is 10.0 Å². The first kappa shape index (κ1) is 16.8. The molecule has 3 rings (SSSR count). The standard InChI is InChI=1S/C15H15N5O4S/c1-10(2)19-15-11(8-17-19)7-12(9-16-15)18-25(23,24)14-5-3-13(4-6-14)20(21)22/h3-10,18H,1-2H3. The number of nitro groups is 1. The van der Waals surface area contributed by atoms with E-state index in [1.807, 2.05) is 13.8 Å². The summed E-state index contributed by atoms with van der Waals surface area (Å²) in [6.07, 6.45) is 3.03. The summed E-state index contributed by atoms with van der Waals surface area (Å²) in [7, 11) is -3.87. The molecule has 10 heteroatoms. The Morgan fingerprint density at radius 3 is 2.48 bits per heavy atom. The predicted molar refractivity (Wildman–Crippen MR) is 91.8 cm³/mol. The average Bonchev–Trinajstić information content (AvgIpc) is 2.98. The molecule has 0 saturated heterocycles. The van der Waals surface area contributed by atoms with Gasteiger partial charge in [-0.3, -0.25) is 14.8 Å². The van der Waals surface area contributed by atoms with Crippen molar-refractivity contribution in [3.05, 3.63) is 52.8 Å². The van der Waals surface area contributed by atoms with Crippen LogP contribution in [-0.4, -0.2) is 28.1 Å². The van der Waals surface area contributed by atoms with E-state index in [9.17, 15) is 18.5 Å². The van der Waals surface area contributed by atoms with E-state index < -0.39 is 14.9 Å². The SMILES string of the molecule is CC(C)n1ncc2cc(NS(=O)(=O)c3ccc([N+](=O)[O-])cc3)cnc21. The summed E-state index contributed by atoms with van der Waals surface area (Å²) >= 11 is 0. The second-order valence-electron chi connectivity index (χ2n) is 5.68. The third-order valence-electron chi connectivity index (χ3n) is 3.53. The first-order valence-electron chi connectivity index (χ1n) is 7.38. The van der Waals surface area contributed by atoms with E-state index in [4.69, 9.17) is 0 Å². The van der Waals surface area contributed by atoms with Crippen LogP contribution in [0.2, 0.25) is 0 Å². The number of hydrogen-bond acceptors (Lipinski definition) is 6. The Hall–Kier alpha value is -3.01. The number of aromatic nitrogens is 3. The molecule has 9 nitrogen and oxygen atoms in total. The molecule has 0 aliphatic heterocycles. The number of benzene rings is 1. The van der Waals surface area contributed by atoms with Crippen molar-refractivity contribution in [3.8, 4) is 0 Å². The molecule has 0 spiro atoms. The largest absolute Gasteiger partial charge is 0.278 e. The van der Waals surface area contributed by atoms with Gasteiger partial charge in [-0.1, -0.05) is 0 Å². The van der Waals surface area contributed by atoms with Crippen molar-refractivity contribution >= 4 is 32.4 Å². The van der Waals surface area contributed by atoms with E-state index in [1.165, 1.54) is 18.3 Å². The topological polar surface area (TPSA) is 120 Å². The number of rotatable bonds is 5. The number of non-ortho nitro benzene ring substituents is 1. The van der Waals surface area contributed by atoms with Gasteiger partial charge in [0, 0.05) is 23.6 Å². The first-order chi connectivity index (χ1) is 11.8.